The molecule has 0 saturated heterocycles. The van der Waals surface area contributed by atoms with Crippen LogP contribution in [-0.2, 0) is 4.74 Å². The van der Waals surface area contributed by atoms with Crippen molar-refractivity contribution in [2.75, 3.05) is 17.2 Å². The molecule has 9 heteroatoms. The van der Waals surface area contributed by atoms with Gasteiger partial charge >= 0.3 is 11.7 Å². The Hall–Kier alpha value is -4.01. The van der Waals surface area contributed by atoms with Crippen LogP contribution in [0.3, 0.4) is 0 Å². The van der Waals surface area contributed by atoms with Crippen LogP contribution in [0.25, 0.3) is 0 Å². The van der Waals surface area contributed by atoms with E-state index < -0.39 is 10.9 Å². The molecule has 0 aliphatic rings. The van der Waals surface area contributed by atoms with Crippen LogP contribution in [0.4, 0.5) is 28.7 Å². The van der Waals surface area contributed by atoms with Crippen LogP contribution in [0, 0.1) is 17.0 Å². The molecule has 3 rings (SSSR count). The zero-order valence-electron chi connectivity index (χ0n) is 15.9. The standard InChI is InChI=1S/C20H19N5O4/c1-3-29-20(26)14-7-9-15(10-8-14)23-18-17(25(27)28)19(22-12-21-18)24-16-6-4-5-13(2)11-16/h4-12H,3H2,1-2H3,(H2,21,22,23,24). The van der Waals surface area contributed by atoms with Crippen molar-refractivity contribution >= 4 is 34.7 Å². The molecule has 3 aromatic rings. The van der Waals surface area contributed by atoms with Crippen LogP contribution in [0.15, 0.2) is 54.9 Å². The van der Waals surface area contributed by atoms with Gasteiger partial charge in [0.1, 0.15) is 6.33 Å². The number of rotatable bonds is 7. The smallest absolute Gasteiger partial charge is 0.353 e. The van der Waals surface area contributed by atoms with E-state index in [1.54, 1.807) is 37.3 Å². The average molecular weight is 393 g/mol. The van der Waals surface area contributed by atoms with Crippen molar-refractivity contribution in [3.63, 3.8) is 0 Å². The van der Waals surface area contributed by atoms with Crippen molar-refractivity contribution in [3.05, 3.63) is 76.1 Å². The summed E-state index contributed by atoms with van der Waals surface area (Å²) >= 11 is 0. The molecule has 0 atom stereocenters. The Morgan fingerprint density at radius 3 is 2.31 bits per heavy atom. The second-order valence-corrected chi connectivity index (χ2v) is 6.09. The second-order valence-electron chi connectivity index (χ2n) is 6.09. The third-order valence-corrected chi connectivity index (χ3v) is 3.94. The molecule has 0 saturated carbocycles. The lowest BCUT2D eigenvalue weighted by molar-refractivity contribution is -0.383. The van der Waals surface area contributed by atoms with Gasteiger partial charge in [0, 0.05) is 11.4 Å². The first-order valence-corrected chi connectivity index (χ1v) is 8.85. The molecule has 0 amide bonds. The predicted octanol–water partition coefficient (Wildman–Crippen LogP) is 4.36. The first-order chi connectivity index (χ1) is 14.0. The molecule has 0 unspecified atom stereocenters. The molecule has 1 aromatic heterocycles. The number of anilines is 4. The minimum atomic E-state index is -0.548. The van der Waals surface area contributed by atoms with E-state index in [2.05, 4.69) is 20.6 Å². The lowest BCUT2D eigenvalue weighted by atomic mass is 10.2. The zero-order chi connectivity index (χ0) is 20.8. The Kier molecular flexibility index (Phi) is 5.98. The van der Waals surface area contributed by atoms with E-state index in [0.717, 1.165) is 5.56 Å². The van der Waals surface area contributed by atoms with Gasteiger partial charge in [-0.15, -0.1) is 0 Å². The molecule has 0 radical (unpaired) electrons. The number of benzene rings is 2. The highest BCUT2D eigenvalue weighted by Gasteiger charge is 2.23. The Bertz CT molecular complexity index is 1040. The van der Waals surface area contributed by atoms with Gasteiger partial charge in [0.2, 0.25) is 11.6 Å². The minimum absolute atomic E-state index is 0.0315. The number of nitrogens with one attached hydrogen (secondary N) is 2. The second kappa shape index (κ2) is 8.79. The summed E-state index contributed by atoms with van der Waals surface area (Å²) in [4.78, 5) is 30.9. The Morgan fingerprint density at radius 1 is 1.07 bits per heavy atom. The Morgan fingerprint density at radius 2 is 1.72 bits per heavy atom. The molecular formula is C20H19N5O4. The Balaban J connectivity index is 1.87. The van der Waals surface area contributed by atoms with Gasteiger partial charge in [-0.3, -0.25) is 10.1 Å². The topological polar surface area (TPSA) is 119 Å². The number of aromatic nitrogens is 2. The summed E-state index contributed by atoms with van der Waals surface area (Å²) in [5.74, 6) is -0.331. The van der Waals surface area contributed by atoms with E-state index in [1.807, 2.05) is 25.1 Å². The zero-order valence-corrected chi connectivity index (χ0v) is 15.9. The summed E-state index contributed by atoms with van der Waals surface area (Å²) in [6.07, 6.45) is 1.24. The quantitative estimate of drug-likeness (QED) is 0.345. The maximum absolute atomic E-state index is 11.7. The monoisotopic (exact) mass is 393 g/mol. The summed E-state index contributed by atoms with van der Waals surface area (Å²) in [6.45, 7) is 3.93. The molecule has 0 aliphatic carbocycles. The highest BCUT2D eigenvalue weighted by Crippen LogP contribution is 2.33. The molecule has 0 fully saturated rings. The highest BCUT2D eigenvalue weighted by molar-refractivity contribution is 5.90. The van der Waals surface area contributed by atoms with Crippen molar-refractivity contribution in [2.45, 2.75) is 13.8 Å². The predicted molar refractivity (Wildman–Crippen MR) is 109 cm³/mol. The summed E-state index contributed by atoms with van der Waals surface area (Å²) in [6, 6.07) is 13.8. The maximum Gasteiger partial charge on any atom is 0.353 e. The van der Waals surface area contributed by atoms with Gasteiger partial charge in [-0.1, -0.05) is 12.1 Å². The first kappa shape index (κ1) is 19.7. The number of carbonyl (C=O) groups excluding carboxylic acids is 1. The third-order valence-electron chi connectivity index (χ3n) is 3.94. The number of ether oxygens (including phenoxy) is 1. The average Bonchev–Trinajstić information content (AvgIpc) is 2.68. The van der Waals surface area contributed by atoms with Crippen LogP contribution < -0.4 is 10.6 Å². The lowest BCUT2D eigenvalue weighted by Crippen LogP contribution is -2.06. The normalized spacial score (nSPS) is 10.3. The van der Waals surface area contributed by atoms with E-state index in [9.17, 15) is 14.9 Å². The van der Waals surface area contributed by atoms with Gasteiger partial charge in [-0.25, -0.2) is 14.8 Å². The Labute approximate surface area is 166 Å². The fourth-order valence-corrected chi connectivity index (χ4v) is 2.63. The summed E-state index contributed by atoms with van der Waals surface area (Å²) in [5.41, 5.74) is 2.31. The molecule has 0 bridgehead atoms. The third kappa shape index (κ3) is 4.83. The largest absolute Gasteiger partial charge is 0.462 e. The van der Waals surface area contributed by atoms with Crippen LogP contribution in [0.1, 0.15) is 22.8 Å². The van der Waals surface area contributed by atoms with Crippen molar-refractivity contribution in [1.82, 2.24) is 9.97 Å². The number of aryl methyl sites for hydroxylation is 1. The van der Waals surface area contributed by atoms with Gasteiger partial charge < -0.3 is 15.4 Å². The minimum Gasteiger partial charge on any atom is -0.462 e. The summed E-state index contributed by atoms with van der Waals surface area (Å²) < 4.78 is 4.94. The molecule has 2 N–H and O–H groups in total. The molecule has 29 heavy (non-hydrogen) atoms. The van der Waals surface area contributed by atoms with Crippen molar-refractivity contribution in [3.8, 4) is 0 Å². The number of nitrogens with zero attached hydrogens (tertiary/aromatic N) is 3. The van der Waals surface area contributed by atoms with Gasteiger partial charge in [0.15, 0.2) is 0 Å². The van der Waals surface area contributed by atoms with Gasteiger partial charge in [-0.05, 0) is 55.8 Å². The number of nitro groups is 1. The lowest BCUT2D eigenvalue weighted by Gasteiger charge is -2.11. The molecular weight excluding hydrogens is 374 g/mol. The van der Waals surface area contributed by atoms with E-state index in [0.29, 0.717) is 16.9 Å². The number of carbonyl (C=O) groups is 1. The molecule has 148 valence electrons. The van der Waals surface area contributed by atoms with E-state index in [-0.39, 0.29) is 23.9 Å². The summed E-state index contributed by atoms with van der Waals surface area (Å²) in [5, 5.41) is 17.6. The molecule has 0 aliphatic heterocycles. The summed E-state index contributed by atoms with van der Waals surface area (Å²) in [7, 11) is 0. The van der Waals surface area contributed by atoms with E-state index >= 15 is 0 Å². The fraction of sp³-hybridized carbons (Fsp3) is 0.150. The number of esters is 1. The highest BCUT2D eigenvalue weighted by atomic mass is 16.6. The van der Waals surface area contributed by atoms with Crippen molar-refractivity contribution < 1.29 is 14.5 Å². The van der Waals surface area contributed by atoms with Gasteiger partial charge in [-0.2, -0.15) is 0 Å². The van der Waals surface area contributed by atoms with E-state index in [4.69, 9.17) is 4.74 Å². The number of hydrogen-bond acceptors (Lipinski definition) is 8. The van der Waals surface area contributed by atoms with Crippen LogP contribution in [0.2, 0.25) is 0 Å². The SMILES string of the molecule is CCOC(=O)c1ccc(Nc2ncnc(Nc3cccc(C)c3)c2[N+](=O)[O-])cc1. The van der Waals surface area contributed by atoms with Crippen LogP contribution >= 0.6 is 0 Å². The maximum atomic E-state index is 11.7. The fourth-order valence-electron chi connectivity index (χ4n) is 2.63. The van der Waals surface area contributed by atoms with Gasteiger partial charge in [0.05, 0.1) is 17.1 Å². The number of hydrogen-bond donors (Lipinski definition) is 2. The van der Waals surface area contributed by atoms with Crippen LogP contribution in [0.5, 0.6) is 0 Å². The molecule has 1 heterocycles. The van der Waals surface area contributed by atoms with Crippen LogP contribution in [-0.4, -0.2) is 27.5 Å². The molecule has 0 spiro atoms. The van der Waals surface area contributed by atoms with E-state index in [1.165, 1.54) is 6.33 Å². The van der Waals surface area contributed by atoms with Crippen molar-refractivity contribution in [2.24, 2.45) is 0 Å². The van der Waals surface area contributed by atoms with Gasteiger partial charge in [0.25, 0.3) is 0 Å². The molecule has 2 aromatic carbocycles. The first-order valence-electron chi connectivity index (χ1n) is 8.85. The van der Waals surface area contributed by atoms with Crippen molar-refractivity contribution in [1.29, 1.82) is 0 Å². The molecule has 9 nitrogen and oxygen atoms in total.